The first-order chi connectivity index (χ1) is 17.2. The fraction of sp³-hybridized carbons (Fsp3) is 0.350. The van der Waals surface area contributed by atoms with Crippen LogP contribution in [0.4, 0.5) is 0 Å². The molecule has 5 rings (SSSR count). The molecule has 1 atom stereocenters. The van der Waals surface area contributed by atoms with Crippen molar-refractivity contribution in [1.29, 1.82) is 0 Å². The molecular formula is C20H24N10O4S2. The smallest absolute Gasteiger partial charge is 0.242 e. The second-order valence-electron chi connectivity index (χ2n) is 8.29. The maximum Gasteiger partial charge on any atom is 0.242 e. The number of aliphatic imine (C=N–C) groups is 1. The molecule has 0 spiro atoms. The predicted molar refractivity (Wildman–Crippen MR) is 131 cm³/mol. The summed E-state index contributed by atoms with van der Waals surface area (Å²) in [6.45, 7) is 1.74. The minimum atomic E-state index is -4.58. The van der Waals surface area contributed by atoms with Crippen molar-refractivity contribution in [3.63, 3.8) is 0 Å². The van der Waals surface area contributed by atoms with E-state index in [1.165, 1.54) is 16.9 Å². The van der Waals surface area contributed by atoms with Crippen molar-refractivity contribution in [3.05, 3.63) is 35.9 Å². The molecule has 36 heavy (non-hydrogen) atoms. The van der Waals surface area contributed by atoms with Gasteiger partial charge in [-0.05, 0) is 30.7 Å². The van der Waals surface area contributed by atoms with Crippen molar-refractivity contribution < 1.29 is 16.8 Å². The lowest BCUT2D eigenvalue weighted by Gasteiger charge is -2.18. The summed E-state index contributed by atoms with van der Waals surface area (Å²) < 4.78 is 55.2. The molecule has 16 heteroatoms. The van der Waals surface area contributed by atoms with Gasteiger partial charge in [0, 0.05) is 24.7 Å². The molecule has 0 saturated carbocycles. The van der Waals surface area contributed by atoms with Gasteiger partial charge in [-0.2, -0.15) is 20.1 Å². The van der Waals surface area contributed by atoms with Crippen LogP contribution >= 0.6 is 0 Å². The summed E-state index contributed by atoms with van der Waals surface area (Å²) in [4.78, 5) is 4.54. The zero-order chi connectivity index (χ0) is 25.5. The van der Waals surface area contributed by atoms with Crippen LogP contribution in [0.25, 0.3) is 22.2 Å². The molecule has 190 valence electrons. The number of sulfonamides is 2. The second kappa shape index (κ2) is 9.38. The molecule has 3 heterocycles. The van der Waals surface area contributed by atoms with E-state index in [9.17, 15) is 16.8 Å². The van der Waals surface area contributed by atoms with Gasteiger partial charge in [-0.25, -0.2) is 31.7 Å². The molecular weight excluding hydrogens is 508 g/mol. The molecule has 14 nitrogen and oxygen atoms in total. The van der Waals surface area contributed by atoms with Gasteiger partial charge in [-0.3, -0.25) is 0 Å². The Morgan fingerprint density at radius 3 is 2.61 bits per heavy atom. The summed E-state index contributed by atoms with van der Waals surface area (Å²) in [5.41, 5.74) is 7.41. The Balaban J connectivity index is 1.79. The number of benzene rings is 2. The minimum absolute atomic E-state index is 0.0291. The molecule has 1 fully saturated rings. The van der Waals surface area contributed by atoms with E-state index in [0.717, 1.165) is 0 Å². The Bertz CT molecular complexity index is 1610. The van der Waals surface area contributed by atoms with Gasteiger partial charge in [0.25, 0.3) is 0 Å². The van der Waals surface area contributed by atoms with Crippen molar-refractivity contribution in [2.24, 2.45) is 26.1 Å². The standard InChI is InChI=1S/C20H24N10O4S2/c21-7-9-30-27-15-3-1-2-14(18(15)28-30)13-4-5-16(36(33,34)29-12-6-8-23-10-12)19(35(22,31)32)17(13)20-24-11-25-26-20/h1-5,12,23,29H,6-11,21H2,(H2,22,31,32)/t12-/m1/s1. The SMILES string of the molecule is NCCn1nc2cccc(-c3ccc(S(=O)(=O)N[C@@H]4CCNC4)c(S(N)(=O)=O)c3C3=NCN=N3)c2n1. The lowest BCUT2D eigenvalue weighted by atomic mass is 9.97. The van der Waals surface area contributed by atoms with Gasteiger partial charge in [0.2, 0.25) is 20.0 Å². The first-order valence-electron chi connectivity index (χ1n) is 11.1. The highest BCUT2D eigenvalue weighted by Crippen LogP contribution is 2.37. The van der Waals surface area contributed by atoms with E-state index >= 15 is 0 Å². The normalized spacial score (nSPS) is 18.3. The number of azo groups is 1. The number of aromatic nitrogens is 3. The van der Waals surface area contributed by atoms with Gasteiger partial charge in [0.1, 0.15) is 20.8 Å². The fourth-order valence-electron chi connectivity index (χ4n) is 4.31. The molecule has 6 N–H and O–H groups in total. The van der Waals surface area contributed by atoms with E-state index < -0.39 is 29.8 Å². The molecule has 3 aromatic rings. The zero-order valence-corrected chi connectivity index (χ0v) is 20.6. The Kier molecular flexibility index (Phi) is 6.39. The largest absolute Gasteiger partial charge is 0.329 e. The Labute approximate surface area is 207 Å². The number of nitrogens with one attached hydrogen (secondary N) is 2. The molecule has 0 unspecified atom stereocenters. The third-order valence-corrected chi connectivity index (χ3v) is 8.51. The molecule has 0 aliphatic carbocycles. The average Bonchev–Trinajstić information content (AvgIpc) is 3.59. The van der Waals surface area contributed by atoms with Crippen LogP contribution in [0.2, 0.25) is 0 Å². The number of hydrogen-bond donors (Lipinski definition) is 4. The molecule has 2 aliphatic heterocycles. The van der Waals surface area contributed by atoms with Crippen molar-refractivity contribution >= 4 is 36.9 Å². The molecule has 2 aliphatic rings. The maximum atomic E-state index is 13.4. The maximum absolute atomic E-state index is 13.4. The van der Waals surface area contributed by atoms with Crippen LogP contribution in [0.3, 0.4) is 0 Å². The van der Waals surface area contributed by atoms with Crippen molar-refractivity contribution in [3.8, 4) is 11.1 Å². The summed E-state index contributed by atoms with van der Waals surface area (Å²) >= 11 is 0. The number of fused-ring (bicyclic) bond motifs is 1. The Hall–Kier alpha value is -3.15. The summed E-state index contributed by atoms with van der Waals surface area (Å²) in [6, 6.07) is 7.54. The summed E-state index contributed by atoms with van der Waals surface area (Å²) in [5.74, 6) is -0.0417. The van der Waals surface area contributed by atoms with E-state index in [1.807, 2.05) is 0 Å². The van der Waals surface area contributed by atoms with Crippen LogP contribution in [0.1, 0.15) is 12.0 Å². The van der Waals surface area contributed by atoms with E-state index in [4.69, 9.17) is 10.9 Å². The highest BCUT2D eigenvalue weighted by atomic mass is 32.2. The number of nitrogens with zero attached hydrogens (tertiary/aromatic N) is 6. The topological polar surface area (TPSA) is 212 Å². The number of hydrogen-bond acceptors (Lipinski definition) is 11. The van der Waals surface area contributed by atoms with Crippen molar-refractivity contribution in [2.45, 2.75) is 28.8 Å². The van der Waals surface area contributed by atoms with E-state index in [2.05, 4.69) is 35.5 Å². The number of primary sulfonamides is 1. The molecule has 2 aromatic carbocycles. The first-order valence-corrected chi connectivity index (χ1v) is 14.1. The van der Waals surface area contributed by atoms with Gasteiger partial charge < -0.3 is 11.1 Å². The highest BCUT2D eigenvalue weighted by molar-refractivity contribution is 7.92. The number of rotatable bonds is 8. The van der Waals surface area contributed by atoms with Gasteiger partial charge in [0.15, 0.2) is 12.5 Å². The Morgan fingerprint density at radius 2 is 1.94 bits per heavy atom. The fourth-order valence-corrected chi connectivity index (χ4v) is 7.18. The van der Waals surface area contributed by atoms with Crippen molar-refractivity contribution in [2.75, 3.05) is 26.3 Å². The van der Waals surface area contributed by atoms with Crippen LogP contribution < -0.4 is 20.9 Å². The number of nitrogens with two attached hydrogens (primary N) is 2. The minimum Gasteiger partial charge on any atom is -0.329 e. The molecule has 1 saturated heterocycles. The zero-order valence-electron chi connectivity index (χ0n) is 19.0. The lowest BCUT2D eigenvalue weighted by molar-refractivity contribution is 0.553. The van der Waals surface area contributed by atoms with Gasteiger partial charge in [-0.1, -0.05) is 18.2 Å². The van der Waals surface area contributed by atoms with E-state index in [-0.39, 0.29) is 24.1 Å². The van der Waals surface area contributed by atoms with Crippen LogP contribution in [-0.4, -0.2) is 70.0 Å². The summed E-state index contributed by atoms with van der Waals surface area (Å²) in [6.07, 6.45) is 0.566. The third kappa shape index (κ3) is 4.54. The first kappa shape index (κ1) is 24.5. The monoisotopic (exact) mass is 532 g/mol. The molecule has 0 radical (unpaired) electrons. The highest BCUT2D eigenvalue weighted by Gasteiger charge is 2.34. The lowest BCUT2D eigenvalue weighted by Crippen LogP contribution is -2.37. The van der Waals surface area contributed by atoms with Gasteiger partial charge in [-0.15, -0.1) is 5.11 Å². The summed E-state index contributed by atoms with van der Waals surface area (Å²) in [5, 5.41) is 25.4. The molecule has 0 amide bonds. The summed E-state index contributed by atoms with van der Waals surface area (Å²) in [7, 11) is -8.86. The van der Waals surface area contributed by atoms with Gasteiger partial charge >= 0.3 is 0 Å². The van der Waals surface area contributed by atoms with Crippen molar-refractivity contribution in [1.82, 2.24) is 25.0 Å². The molecule has 1 aromatic heterocycles. The third-order valence-electron chi connectivity index (χ3n) is 5.82. The number of amidine groups is 1. The van der Waals surface area contributed by atoms with E-state index in [1.54, 1.807) is 18.2 Å². The predicted octanol–water partition coefficient (Wildman–Crippen LogP) is -0.485. The average molecular weight is 533 g/mol. The van der Waals surface area contributed by atoms with Gasteiger partial charge in [0.05, 0.1) is 12.1 Å². The Morgan fingerprint density at radius 1 is 1.11 bits per heavy atom. The second-order valence-corrected chi connectivity index (χ2v) is 11.5. The van der Waals surface area contributed by atoms with Crippen LogP contribution in [-0.2, 0) is 26.6 Å². The quantitative estimate of drug-likeness (QED) is 0.296. The molecule has 0 bridgehead atoms. The van der Waals surface area contributed by atoms with Crippen LogP contribution in [0, 0.1) is 0 Å². The van der Waals surface area contributed by atoms with Crippen LogP contribution in [0.5, 0.6) is 0 Å². The van der Waals surface area contributed by atoms with Crippen LogP contribution in [0.15, 0.2) is 55.3 Å². The van der Waals surface area contributed by atoms with E-state index in [0.29, 0.717) is 54.8 Å².